The summed E-state index contributed by atoms with van der Waals surface area (Å²) in [6, 6.07) is 10.2. The molecule has 0 bridgehead atoms. The van der Waals surface area contributed by atoms with Crippen LogP contribution in [-0.4, -0.2) is 39.1 Å². The van der Waals surface area contributed by atoms with Crippen LogP contribution in [0.15, 0.2) is 36.4 Å². The van der Waals surface area contributed by atoms with Gasteiger partial charge in [0.2, 0.25) is 0 Å². The first kappa shape index (κ1) is 15.5. The number of fused-ring (bicyclic) bond motifs is 2. The van der Waals surface area contributed by atoms with Crippen molar-refractivity contribution in [2.45, 2.75) is 12.3 Å². The lowest BCUT2D eigenvalue weighted by Gasteiger charge is -2.26. The Hall–Kier alpha value is -3.04. The number of aromatic nitrogens is 4. The fraction of sp³-hybridized carbons (Fsp3) is 0.267. The normalized spacial score (nSPS) is 16.8. The third-order valence-electron chi connectivity index (χ3n) is 3.59. The van der Waals surface area contributed by atoms with Crippen LogP contribution in [-0.2, 0) is 6.18 Å². The zero-order valence-electron chi connectivity index (χ0n) is 12.7. The van der Waals surface area contributed by atoms with Crippen LogP contribution in [0.25, 0.3) is 5.65 Å². The Bertz CT molecular complexity index is 912. The standard InChI is InChI=1S/C15H12F3N5O2/c16-15(17,18)14-21-20-13-6-5-12(22-23(13)14)19-7-9-8-24-10-3-1-2-4-11(10)25-9/h1-6,9H,7-8H2,(H,19,22). The number of hydrogen-bond donors (Lipinski definition) is 1. The van der Waals surface area contributed by atoms with Crippen molar-refractivity contribution in [3.05, 3.63) is 42.2 Å². The first-order chi connectivity index (χ1) is 12.0. The second-order valence-electron chi connectivity index (χ2n) is 5.39. The predicted octanol–water partition coefficient (Wildman–Crippen LogP) is 2.39. The number of hydrogen-bond acceptors (Lipinski definition) is 6. The molecule has 0 saturated carbocycles. The Kier molecular flexibility index (Phi) is 3.59. The Labute approximate surface area is 139 Å². The number of benzene rings is 1. The van der Waals surface area contributed by atoms with Crippen molar-refractivity contribution in [3.63, 3.8) is 0 Å². The molecule has 10 heteroatoms. The van der Waals surface area contributed by atoms with Crippen LogP contribution in [0.5, 0.6) is 11.5 Å². The van der Waals surface area contributed by atoms with Gasteiger partial charge in [0, 0.05) is 0 Å². The van der Waals surface area contributed by atoms with Gasteiger partial charge in [-0.3, -0.25) is 0 Å². The van der Waals surface area contributed by atoms with E-state index in [9.17, 15) is 13.2 Å². The fourth-order valence-electron chi connectivity index (χ4n) is 2.44. The third kappa shape index (κ3) is 3.02. The number of para-hydroxylation sites is 2. The van der Waals surface area contributed by atoms with Crippen molar-refractivity contribution in [3.8, 4) is 11.5 Å². The number of nitrogens with one attached hydrogen (secondary N) is 1. The molecule has 7 nitrogen and oxygen atoms in total. The Morgan fingerprint density at radius 1 is 1.12 bits per heavy atom. The minimum absolute atomic E-state index is 0.0176. The van der Waals surface area contributed by atoms with Crippen LogP contribution < -0.4 is 14.8 Å². The van der Waals surface area contributed by atoms with Crippen LogP contribution in [0.3, 0.4) is 0 Å². The van der Waals surface area contributed by atoms with Crippen molar-refractivity contribution in [1.29, 1.82) is 0 Å². The molecule has 0 fully saturated rings. The summed E-state index contributed by atoms with van der Waals surface area (Å²) in [5.74, 6) is 0.373. The summed E-state index contributed by atoms with van der Waals surface area (Å²) in [4.78, 5) is 0. The van der Waals surface area contributed by atoms with Crippen LogP contribution in [0, 0.1) is 0 Å². The smallest absolute Gasteiger partial charge is 0.453 e. The molecule has 0 amide bonds. The molecule has 0 radical (unpaired) electrons. The Balaban J connectivity index is 1.48. The van der Waals surface area contributed by atoms with Gasteiger partial charge in [0.1, 0.15) is 18.5 Å². The molecule has 130 valence electrons. The zero-order chi connectivity index (χ0) is 17.4. The molecule has 0 aliphatic carbocycles. The number of alkyl halides is 3. The summed E-state index contributed by atoms with van der Waals surface area (Å²) in [6.07, 6.45) is -4.93. The summed E-state index contributed by atoms with van der Waals surface area (Å²) in [5.41, 5.74) is 0.0176. The van der Waals surface area contributed by atoms with Crippen LogP contribution in [0.2, 0.25) is 0 Å². The zero-order valence-corrected chi connectivity index (χ0v) is 12.7. The van der Waals surface area contributed by atoms with Crippen molar-refractivity contribution in [2.24, 2.45) is 0 Å². The molecule has 1 unspecified atom stereocenters. The van der Waals surface area contributed by atoms with Crippen molar-refractivity contribution in [1.82, 2.24) is 19.8 Å². The first-order valence-corrected chi connectivity index (χ1v) is 7.43. The van der Waals surface area contributed by atoms with Gasteiger partial charge in [0.25, 0.3) is 5.82 Å². The highest BCUT2D eigenvalue weighted by Crippen LogP contribution is 2.31. The van der Waals surface area contributed by atoms with E-state index in [0.29, 0.717) is 29.2 Å². The monoisotopic (exact) mass is 351 g/mol. The molecule has 3 aromatic rings. The molecule has 1 aliphatic heterocycles. The number of halogens is 3. The van der Waals surface area contributed by atoms with Crippen molar-refractivity contribution >= 4 is 11.5 Å². The summed E-state index contributed by atoms with van der Waals surface area (Å²) < 4.78 is 50.7. The third-order valence-corrected chi connectivity index (χ3v) is 3.59. The van der Waals surface area contributed by atoms with Gasteiger partial charge in [-0.15, -0.1) is 15.3 Å². The summed E-state index contributed by atoms with van der Waals surface area (Å²) in [5, 5.41) is 13.4. The molecule has 4 rings (SSSR count). The quantitative estimate of drug-likeness (QED) is 0.781. The van der Waals surface area contributed by atoms with Crippen LogP contribution in [0.4, 0.5) is 19.0 Å². The summed E-state index contributed by atoms with van der Waals surface area (Å²) >= 11 is 0. The summed E-state index contributed by atoms with van der Waals surface area (Å²) in [6.45, 7) is 0.642. The molecule has 1 aliphatic rings. The Morgan fingerprint density at radius 3 is 2.72 bits per heavy atom. The van der Waals surface area contributed by atoms with Gasteiger partial charge < -0.3 is 14.8 Å². The second kappa shape index (κ2) is 5.80. The van der Waals surface area contributed by atoms with E-state index >= 15 is 0 Å². The minimum atomic E-state index is -4.63. The van der Waals surface area contributed by atoms with Gasteiger partial charge in [-0.2, -0.15) is 17.7 Å². The van der Waals surface area contributed by atoms with E-state index in [0.717, 1.165) is 0 Å². The van der Waals surface area contributed by atoms with Gasteiger partial charge in [-0.25, -0.2) is 0 Å². The van der Waals surface area contributed by atoms with E-state index in [1.807, 2.05) is 12.1 Å². The molecule has 1 atom stereocenters. The molecule has 1 N–H and O–H groups in total. The topological polar surface area (TPSA) is 73.6 Å². The van der Waals surface area contributed by atoms with E-state index in [1.165, 1.54) is 12.1 Å². The fourth-order valence-corrected chi connectivity index (χ4v) is 2.44. The van der Waals surface area contributed by atoms with E-state index < -0.39 is 12.0 Å². The highest BCUT2D eigenvalue weighted by molar-refractivity contribution is 5.45. The van der Waals surface area contributed by atoms with E-state index in [1.54, 1.807) is 12.1 Å². The number of nitrogens with zero attached hydrogens (tertiary/aromatic N) is 4. The number of ether oxygens (including phenoxy) is 2. The SMILES string of the molecule is FC(F)(F)c1nnc2ccc(NCC3COc4ccccc4O3)nn12. The number of anilines is 1. The molecule has 0 saturated heterocycles. The largest absolute Gasteiger partial charge is 0.486 e. The van der Waals surface area contributed by atoms with E-state index in [4.69, 9.17) is 9.47 Å². The molecule has 0 spiro atoms. The maximum atomic E-state index is 12.9. The van der Waals surface area contributed by atoms with Gasteiger partial charge >= 0.3 is 6.18 Å². The molecular weight excluding hydrogens is 339 g/mol. The maximum absolute atomic E-state index is 12.9. The second-order valence-corrected chi connectivity index (χ2v) is 5.39. The van der Waals surface area contributed by atoms with E-state index in [-0.39, 0.29) is 17.6 Å². The van der Waals surface area contributed by atoms with Gasteiger partial charge in [-0.1, -0.05) is 12.1 Å². The van der Waals surface area contributed by atoms with Gasteiger partial charge in [-0.05, 0) is 24.3 Å². The average molecular weight is 351 g/mol. The molecular formula is C15H12F3N5O2. The molecule has 2 aromatic heterocycles. The van der Waals surface area contributed by atoms with Crippen molar-refractivity contribution in [2.75, 3.05) is 18.5 Å². The summed E-state index contributed by atoms with van der Waals surface area (Å²) in [7, 11) is 0. The Morgan fingerprint density at radius 2 is 1.92 bits per heavy atom. The lowest BCUT2D eigenvalue weighted by molar-refractivity contribution is -0.146. The average Bonchev–Trinajstić information content (AvgIpc) is 3.03. The van der Waals surface area contributed by atoms with E-state index in [2.05, 4.69) is 20.6 Å². The van der Waals surface area contributed by atoms with Gasteiger partial charge in [0.15, 0.2) is 17.1 Å². The van der Waals surface area contributed by atoms with Crippen LogP contribution in [0.1, 0.15) is 5.82 Å². The first-order valence-electron chi connectivity index (χ1n) is 7.43. The van der Waals surface area contributed by atoms with Gasteiger partial charge in [0.05, 0.1) is 6.54 Å². The number of rotatable bonds is 3. The molecule has 25 heavy (non-hydrogen) atoms. The maximum Gasteiger partial charge on any atom is 0.453 e. The minimum Gasteiger partial charge on any atom is -0.486 e. The highest BCUT2D eigenvalue weighted by Gasteiger charge is 2.37. The lowest BCUT2D eigenvalue weighted by atomic mass is 10.2. The molecule has 1 aromatic carbocycles. The van der Waals surface area contributed by atoms with Crippen molar-refractivity contribution < 1.29 is 22.6 Å². The predicted molar refractivity (Wildman–Crippen MR) is 80.6 cm³/mol. The lowest BCUT2D eigenvalue weighted by Crippen LogP contribution is -2.35. The van der Waals surface area contributed by atoms with Crippen LogP contribution >= 0.6 is 0 Å². The highest BCUT2D eigenvalue weighted by atomic mass is 19.4. The molecule has 3 heterocycles.